The van der Waals surface area contributed by atoms with E-state index in [4.69, 9.17) is 0 Å². The van der Waals surface area contributed by atoms with Crippen LogP contribution in [0.1, 0.15) is 16.9 Å². The molecule has 0 bridgehead atoms. The fourth-order valence-electron chi connectivity index (χ4n) is 2.12. The van der Waals surface area contributed by atoms with Crippen LogP contribution in [0, 0.1) is 0 Å². The van der Waals surface area contributed by atoms with Gasteiger partial charge in [0.1, 0.15) is 17.8 Å². The number of carbonyl (C=O) groups excluding carboxylic acids is 1. The molecule has 0 atom stereocenters. The highest BCUT2D eigenvalue weighted by Gasteiger charge is 2.15. The van der Waals surface area contributed by atoms with Crippen LogP contribution in [0.5, 0.6) is 0 Å². The molecular formula is C17H23N5O. The number of rotatable bonds is 7. The summed E-state index contributed by atoms with van der Waals surface area (Å²) in [5.41, 5.74) is 1.21. The molecule has 1 heterocycles. The van der Waals surface area contributed by atoms with E-state index in [9.17, 15) is 4.79 Å². The Bertz CT molecular complexity index is 630. The third-order valence-electron chi connectivity index (χ3n) is 3.42. The van der Waals surface area contributed by atoms with E-state index in [0.29, 0.717) is 11.5 Å². The van der Waals surface area contributed by atoms with E-state index in [1.54, 1.807) is 18.0 Å². The lowest BCUT2D eigenvalue weighted by Crippen LogP contribution is -2.27. The minimum absolute atomic E-state index is 0.157. The molecule has 2 aromatic rings. The minimum Gasteiger partial charge on any atom is -0.370 e. The summed E-state index contributed by atoms with van der Waals surface area (Å²) >= 11 is 0. The predicted octanol–water partition coefficient (Wildman–Crippen LogP) is 2.12. The van der Waals surface area contributed by atoms with Crippen molar-refractivity contribution in [2.75, 3.05) is 44.4 Å². The maximum absolute atomic E-state index is 12.5. The molecule has 6 nitrogen and oxygen atoms in total. The van der Waals surface area contributed by atoms with Crippen molar-refractivity contribution in [1.82, 2.24) is 14.9 Å². The van der Waals surface area contributed by atoms with Gasteiger partial charge in [-0.1, -0.05) is 18.2 Å². The average Bonchev–Trinajstić information content (AvgIpc) is 2.58. The Morgan fingerprint density at radius 2 is 1.87 bits per heavy atom. The van der Waals surface area contributed by atoms with Crippen molar-refractivity contribution in [1.29, 1.82) is 0 Å². The highest BCUT2D eigenvalue weighted by molar-refractivity contribution is 6.04. The van der Waals surface area contributed by atoms with Crippen LogP contribution in [0.25, 0.3) is 0 Å². The number of para-hydroxylation sites is 1. The van der Waals surface area contributed by atoms with Crippen molar-refractivity contribution >= 4 is 17.4 Å². The first kappa shape index (κ1) is 16.9. The standard InChI is InChI=1S/C17H23N5O/c1-21(2)11-7-10-18-16-12-15(19-13-20-16)17(23)22(3)14-8-5-4-6-9-14/h4-6,8-9,12-13H,7,10-11H2,1-3H3,(H,18,19,20). The molecule has 0 saturated carbocycles. The van der Waals surface area contributed by atoms with Crippen LogP contribution in [0.2, 0.25) is 0 Å². The maximum Gasteiger partial charge on any atom is 0.276 e. The molecular weight excluding hydrogens is 290 g/mol. The third-order valence-corrected chi connectivity index (χ3v) is 3.42. The van der Waals surface area contributed by atoms with Crippen LogP contribution in [0.4, 0.5) is 11.5 Å². The SMILES string of the molecule is CN(C)CCCNc1cc(C(=O)N(C)c2ccccc2)ncn1. The molecule has 23 heavy (non-hydrogen) atoms. The lowest BCUT2D eigenvalue weighted by Gasteiger charge is -2.17. The average molecular weight is 313 g/mol. The van der Waals surface area contributed by atoms with Gasteiger partial charge in [0, 0.05) is 25.3 Å². The van der Waals surface area contributed by atoms with Gasteiger partial charge < -0.3 is 15.1 Å². The summed E-state index contributed by atoms with van der Waals surface area (Å²) in [5.74, 6) is 0.513. The zero-order valence-electron chi connectivity index (χ0n) is 13.9. The maximum atomic E-state index is 12.5. The van der Waals surface area contributed by atoms with Gasteiger partial charge in [-0.05, 0) is 39.2 Å². The van der Waals surface area contributed by atoms with Gasteiger partial charge in [-0.15, -0.1) is 0 Å². The monoisotopic (exact) mass is 313 g/mol. The van der Waals surface area contributed by atoms with E-state index in [-0.39, 0.29) is 5.91 Å². The Hall–Kier alpha value is -2.47. The van der Waals surface area contributed by atoms with Gasteiger partial charge >= 0.3 is 0 Å². The number of nitrogens with zero attached hydrogens (tertiary/aromatic N) is 4. The van der Waals surface area contributed by atoms with Gasteiger partial charge in [0.05, 0.1) is 0 Å². The predicted molar refractivity (Wildman–Crippen MR) is 92.9 cm³/mol. The Labute approximate surface area is 137 Å². The molecule has 2 rings (SSSR count). The Morgan fingerprint density at radius 3 is 2.57 bits per heavy atom. The number of anilines is 2. The third kappa shape index (κ3) is 5.03. The second kappa shape index (κ2) is 8.24. The summed E-state index contributed by atoms with van der Waals surface area (Å²) < 4.78 is 0. The quantitative estimate of drug-likeness (QED) is 0.793. The number of amides is 1. The molecule has 1 aromatic carbocycles. The lowest BCUT2D eigenvalue weighted by atomic mass is 10.2. The van der Waals surface area contributed by atoms with Crippen LogP contribution >= 0.6 is 0 Å². The number of aromatic nitrogens is 2. The number of hydrogen-bond acceptors (Lipinski definition) is 5. The number of hydrogen-bond donors (Lipinski definition) is 1. The van der Waals surface area contributed by atoms with Crippen molar-refractivity contribution in [3.63, 3.8) is 0 Å². The van der Waals surface area contributed by atoms with E-state index in [0.717, 1.165) is 25.2 Å². The summed E-state index contributed by atoms with van der Waals surface area (Å²) in [7, 11) is 5.83. The smallest absolute Gasteiger partial charge is 0.276 e. The van der Waals surface area contributed by atoms with Crippen LogP contribution in [-0.2, 0) is 0 Å². The van der Waals surface area contributed by atoms with E-state index in [2.05, 4.69) is 20.2 Å². The largest absolute Gasteiger partial charge is 0.370 e. The molecule has 1 N–H and O–H groups in total. The highest BCUT2D eigenvalue weighted by atomic mass is 16.2. The molecule has 122 valence electrons. The van der Waals surface area contributed by atoms with Crippen molar-refractivity contribution in [3.8, 4) is 0 Å². The summed E-state index contributed by atoms with van der Waals surface area (Å²) in [6.45, 7) is 1.80. The van der Waals surface area contributed by atoms with Crippen LogP contribution in [0.15, 0.2) is 42.7 Å². The van der Waals surface area contributed by atoms with Gasteiger partial charge in [-0.2, -0.15) is 0 Å². The van der Waals surface area contributed by atoms with Gasteiger partial charge in [0.15, 0.2) is 0 Å². The van der Waals surface area contributed by atoms with Crippen LogP contribution in [-0.4, -0.2) is 55.0 Å². The minimum atomic E-state index is -0.157. The second-order valence-electron chi connectivity index (χ2n) is 5.57. The molecule has 0 aliphatic heterocycles. The zero-order chi connectivity index (χ0) is 16.7. The number of carbonyl (C=O) groups is 1. The first-order valence-electron chi connectivity index (χ1n) is 7.61. The Morgan fingerprint density at radius 1 is 1.13 bits per heavy atom. The van der Waals surface area contributed by atoms with Crippen molar-refractivity contribution in [2.24, 2.45) is 0 Å². The molecule has 0 spiro atoms. The molecule has 6 heteroatoms. The first-order valence-corrected chi connectivity index (χ1v) is 7.61. The Kier molecular flexibility index (Phi) is 6.05. The van der Waals surface area contributed by atoms with Crippen molar-refractivity contribution in [3.05, 3.63) is 48.4 Å². The van der Waals surface area contributed by atoms with Crippen molar-refractivity contribution < 1.29 is 4.79 Å². The summed E-state index contributed by atoms with van der Waals surface area (Å²) in [6.07, 6.45) is 2.42. The summed E-state index contributed by atoms with van der Waals surface area (Å²) in [5, 5.41) is 3.23. The molecule has 0 radical (unpaired) electrons. The van der Waals surface area contributed by atoms with Gasteiger partial charge in [-0.3, -0.25) is 4.79 Å². The van der Waals surface area contributed by atoms with E-state index in [1.165, 1.54) is 6.33 Å². The van der Waals surface area contributed by atoms with Crippen LogP contribution in [0.3, 0.4) is 0 Å². The van der Waals surface area contributed by atoms with Gasteiger partial charge in [0.25, 0.3) is 5.91 Å². The van der Waals surface area contributed by atoms with Gasteiger partial charge in [-0.25, -0.2) is 9.97 Å². The van der Waals surface area contributed by atoms with E-state index >= 15 is 0 Å². The molecule has 0 aliphatic carbocycles. The zero-order valence-corrected chi connectivity index (χ0v) is 13.9. The molecule has 0 saturated heterocycles. The Balaban J connectivity index is 2.00. The fourth-order valence-corrected chi connectivity index (χ4v) is 2.12. The van der Waals surface area contributed by atoms with Gasteiger partial charge in [0.2, 0.25) is 0 Å². The molecule has 1 aromatic heterocycles. The normalized spacial score (nSPS) is 10.6. The fraction of sp³-hybridized carbons (Fsp3) is 0.353. The molecule has 0 fully saturated rings. The molecule has 0 unspecified atom stereocenters. The topological polar surface area (TPSA) is 61.4 Å². The van der Waals surface area contributed by atoms with Crippen molar-refractivity contribution in [2.45, 2.75) is 6.42 Å². The molecule has 1 amide bonds. The molecule has 0 aliphatic rings. The summed E-state index contributed by atoms with van der Waals surface area (Å²) in [4.78, 5) is 24.5. The highest BCUT2D eigenvalue weighted by Crippen LogP contribution is 2.14. The lowest BCUT2D eigenvalue weighted by molar-refractivity contribution is 0.0988. The van der Waals surface area contributed by atoms with E-state index in [1.807, 2.05) is 44.4 Å². The van der Waals surface area contributed by atoms with Crippen LogP contribution < -0.4 is 10.2 Å². The van der Waals surface area contributed by atoms with E-state index < -0.39 is 0 Å². The summed E-state index contributed by atoms with van der Waals surface area (Å²) in [6, 6.07) is 11.2. The number of nitrogens with one attached hydrogen (secondary N) is 1. The first-order chi connectivity index (χ1) is 11.1. The number of benzene rings is 1. The second-order valence-corrected chi connectivity index (χ2v) is 5.57.